The highest BCUT2D eigenvalue weighted by Gasteiger charge is 2.25. The van der Waals surface area contributed by atoms with E-state index in [9.17, 15) is 4.57 Å². The predicted molar refractivity (Wildman–Crippen MR) is 75.7 cm³/mol. The second-order valence-corrected chi connectivity index (χ2v) is 6.61. The molecule has 0 spiro atoms. The monoisotopic (exact) mass is 290 g/mol. The number of rotatable bonds is 8. The van der Waals surface area contributed by atoms with Crippen LogP contribution in [-0.4, -0.2) is 12.8 Å². The highest BCUT2D eigenvalue weighted by atomic mass is 35.5. The van der Waals surface area contributed by atoms with Gasteiger partial charge in [-0.15, -0.1) is 0 Å². The van der Waals surface area contributed by atoms with Gasteiger partial charge in [0.05, 0.1) is 12.8 Å². The van der Waals surface area contributed by atoms with Crippen LogP contribution in [0.1, 0.15) is 33.1 Å². The molecular formula is C13H20ClO3P. The van der Waals surface area contributed by atoms with Crippen molar-refractivity contribution < 1.29 is 13.6 Å². The summed E-state index contributed by atoms with van der Waals surface area (Å²) >= 11 is 5.79. The van der Waals surface area contributed by atoms with Gasteiger partial charge in [-0.1, -0.05) is 31.9 Å². The zero-order chi connectivity index (χ0) is 13.4. The number of halogens is 1. The Morgan fingerprint density at radius 3 is 2.39 bits per heavy atom. The minimum atomic E-state index is -3.03. The third-order valence-electron chi connectivity index (χ3n) is 2.34. The molecule has 1 atom stereocenters. The van der Waals surface area contributed by atoms with Crippen molar-refractivity contribution in [3.8, 4) is 5.75 Å². The molecule has 0 aromatic heterocycles. The van der Waals surface area contributed by atoms with Gasteiger partial charge in [0.15, 0.2) is 0 Å². The van der Waals surface area contributed by atoms with Crippen LogP contribution in [0.15, 0.2) is 24.3 Å². The molecule has 0 radical (unpaired) electrons. The van der Waals surface area contributed by atoms with Crippen molar-refractivity contribution in [2.24, 2.45) is 0 Å². The molecule has 5 heteroatoms. The van der Waals surface area contributed by atoms with Crippen molar-refractivity contribution in [1.82, 2.24) is 0 Å². The average Bonchev–Trinajstić information content (AvgIpc) is 2.37. The molecule has 0 N–H and O–H groups in total. The number of benzene rings is 1. The summed E-state index contributed by atoms with van der Waals surface area (Å²) in [6.45, 7) is 4.48. The van der Waals surface area contributed by atoms with E-state index in [1.165, 1.54) is 0 Å². The Hall–Kier alpha value is -0.500. The van der Waals surface area contributed by atoms with E-state index in [0.717, 1.165) is 19.3 Å². The second-order valence-electron chi connectivity index (χ2n) is 4.07. The highest BCUT2D eigenvalue weighted by Crippen LogP contribution is 2.49. The molecule has 1 aromatic carbocycles. The maximum atomic E-state index is 12.5. The van der Waals surface area contributed by atoms with E-state index in [1.807, 2.05) is 13.8 Å². The summed E-state index contributed by atoms with van der Waals surface area (Å²) in [7, 11) is -3.03. The number of unbranched alkanes of at least 4 members (excludes halogenated alkanes) is 1. The van der Waals surface area contributed by atoms with Gasteiger partial charge >= 0.3 is 7.60 Å². The van der Waals surface area contributed by atoms with Gasteiger partial charge in [0.1, 0.15) is 5.75 Å². The fourth-order valence-corrected chi connectivity index (χ4v) is 3.38. The fraction of sp³-hybridized carbons (Fsp3) is 0.538. The lowest BCUT2D eigenvalue weighted by molar-refractivity contribution is 0.264. The van der Waals surface area contributed by atoms with Crippen molar-refractivity contribution >= 4 is 19.2 Å². The summed E-state index contributed by atoms with van der Waals surface area (Å²) < 4.78 is 23.5. The van der Waals surface area contributed by atoms with Crippen LogP contribution in [-0.2, 0) is 9.09 Å². The van der Waals surface area contributed by atoms with Crippen LogP contribution in [0.2, 0.25) is 5.02 Å². The largest absolute Gasteiger partial charge is 0.424 e. The van der Waals surface area contributed by atoms with Crippen molar-refractivity contribution in [1.29, 1.82) is 0 Å². The van der Waals surface area contributed by atoms with Crippen LogP contribution in [0, 0.1) is 0 Å². The predicted octanol–water partition coefficient (Wildman–Crippen LogP) is 5.14. The zero-order valence-corrected chi connectivity index (χ0v) is 12.5. The van der Waals surface area contributed by atoms with Crippen LogP contribution in [0.4, 0.5) is 0 Å². The van der Waals surface area contributed by atoms with E-state index in [-0.39, 0.29) is 0 Å². The van der Waals surface area contributed by atoms with Crippen LogP contribution in [0.25, 0.3) is 0 Å². The van der Waals surface area contributed by atoms with E-state index in [1.54, 1.807) is 24.3 Å². The molecule has 0 aliphatic rings. The summed E-state index contributed by atoms with van der Waals surface area (Å²) in [6.07, 6.45) is 3.06. The summed E-state index contributed by atoms with van der Waals surface area (Å²) in [5.74, 6) is 0.537. The molecule has 0 amide bonds. The van der Waals surface area contributed by atoms with Gasteiger partial charge < -0.3 is 4.52 Å². The van der Waals surface area contributed by atoms with E-state index < -0.39 is 7.60 Å². The lowest BCUT2D eigenvalue weighted by Crippen LogP contribution is -2.03. The molecule has 0 heterocycles. The van der Waals surface area contributed by atoms with Crippen molar-refractivity contribution in [2.45, 2.75) is 33.1 Å². The van der Waals surface area contributed by atoms with Crippen molar-refractivity contribution in [2.75, 3.05) is 12.8 Å². The quantitative estimate of drug-likeness (QED) is 0.622. The van der Waals surface area contributed by atoms with Crippen molar-refractivity contribution in [3.63, 3.8) is 0 Å². The first kappa shape index (κ1) is 15.6. The maximum absolute atomic E-state index is 12.5. The summed E-state index contributed by atoms with van der Waals surface area (Å²) in [6, 6.07) is 6.83. The van der Waals surface area contributed by atoms with Gasteiger partial charge in [0.25, 0.3) is 0 Å². The first-order chi connectivity index (χ1) is 8.59. The van der Waals surface area contributed by atoms with Gasteiger partial charge in [-0.3, -0.25) is 4.52 Å². The van der Waals surface area contributed by atoms with E-state index in [4.69, 9.17) is 20.6 Å². The molecule has 102 valence electrons. The van der Waals surface area contributed by atoms with E-state index in [0.29, 0.717) is 23.5 Å². The molecular weight excluding hydrogens is 271 g/mol. The molecule has 1 unspecified atom stereocenters. The lowest BCUT2D eigenvalue weighted by Gasteiger charge is -2.19. The molecule has 0 bridgehead atoms. The van der Waals surface area contributed by atoms with Gasteiger partial charge in [-0.2, -0.15) is 0 Å². The average molecular weight is 291 g/mol. The third kappa shape index (κ3) is 5.43. The summed E-state index contributed by atoms with van der Waals surface area (Å²) in [5, 5.41) is 0.625. The molecule has 1 rings (SSSR count). The fourth-order valence-electron chi connectivity index (χ4n) is 1.37. The van der Waals surface area contributed by atoms with Gasteiger partial charge in [0.2, 0.25) is 0 Å². The zero-order valence-electron chi connectivity index (χ0n) is 10.9. The maximum Gasteiger partial charge on any atom is 0.379 e. The van der Waals surface area contributed by atoms with E-state index in [2.05, 4.69) is 0 Å². The molecule has 0 saturated heterocycles. The Morgan fingerprint density at radius 2 is 1.83 bits per heavy atom. The second kappa shape index (κ2) is 7.83. The van der Waals surface area contributed by atoms with Gasteiger partial charge in [0, 0.05) is 5.02 Å². The lowest BCUT2D eigenvalue weighted by atomic mass is 10.3. The van der Waals surface area contributed by atoms with Crippen LogP contribution in [0.5, 0.6) is 5.75 Å². The van der Waals surface area contributed by atoms with Crippen LogP contribution in [0.3, 0.4) is 0 Å². The molecule has 3 nitrogen and oxygen atoms in total. The Kier molecular flexibility index (Phi) is 6.77. The highest BCUT2D eigenvalue weighted by molar-refractivity contribution is 7.54. The first-order valence-electron chi connectivity index (χ1n) is 6.28. The van der Waals surface area contributed by atoms with Crippen molar-refractivity contribution in [3.05, 3.63) is 29.3 Å². The number of hydrogen-bond acceptors (Lipinski definition) is 3. The third-order valence-corrected chi connectivity index (χ3v) is 4.52. The molecule has 0 saturated carbocycles. The smallest absolute Gasteiger partial charge is 0.379 e. The molecule has 18 heavy (non-hydrogen) atoms. The summed E-state index contributed by atoms with van der Waals surface area (Å²) in [4.78, 5) is 0. The molecule has 1 aromatic rings. The topological polar surface area (TPSA) is 35.5 Å². The minimum absolute atomic E-state index is 0.451. The first-order valence-corrected chi connectivity index (χ1v) is 8.39. The minimum Gasteiger partial charge on any atom is -0.424 e. The van der Waals surface area contributed by atoms with Crippen LogP contribution < -0.4 is 4.52 Å². The Bertz CT molecular complexity index is 380. The Morgan fingerprint density at radius 1 is 1.17 bits per heavy atom. The summed E-state index contributed by atoms with van der Waals surface area (Å²) in [5.41, 5.74) is 0. The van der Waals surface area contributed by atoms with Gasteiger partial charge in [-0.05, 0) is 37.1 Å². The SMILES string of the molecule is CCCCP(=O)(OCCC)Oc1ccc(Cl)cc1. The Labute approximate surface area is 114 Å². The molecule has 0 aliphatic heterocycles. The van der Waals surface area contributed by atoms with Gasteiger partial charge in [-0.25, -0.2) is 4.57 Å². The standard InChI is InChI=1S/C13H20ClO3P/c1-3-5-11-18(15,16-10-4-2)17-13-8-6-12(14)7-9-13/h6-9H,3-5,10-11H2,1-2H3. The van der Waals surface area contributed by atoms with Crippen LogP contribution >= 0.6 is 19.2 Å². The number of hydrogen-bond donors (Lipinski definition) is 0. The van der Waals surface area contributed by atoms with E-state index >= 15 is 0 Å². The molecule has 0 fully saturated rings. The Balaban J connectivity index is 2.70. The molecule has 0 aliphatic carbocycles. The normalized spacial score (nSPS) is 14.2.